The highest BCUT2D eigenvalue weighted by atomic mass is 35.5. The number of rotatable bonds is 6. The van der Waals surface area contributed by atoms with Crippen LogP contribution < -0.4 is 14.8 Å². The van der Waals surface area contributed by atoms with Gasteiger partial charge in [-0.15, -0.1) is 0 Å². The first kappa shape index (κ1) is 21.0. The Morgan fingerprint density at radius 1 is 1.20 bits per heavy atom. The Morgan fingerprint density at radius 3 is 2.67 bits per heavy atom. The second-order valence-corrected chi connectivity index (χ2v) is 9.25. The van der Waals surface area contributed by atoms with Gasteiger partial charge in [-0.05, 0) is 50.5 Å². The number of hydrogen-bond donors (Lipinski definition) is 1. The zero-order valence-corrected chi connectivity index (χ0v) is 18.4. The van der Waals surface area contributed by atoms with Gasteiger partial charge in [0.25, 0.3) is 5.91 Å². The van der Waals surface area contributed by atoms with E-state index in [2.05, 4.69) is 42.3 Å². The van der Waals surface area contributed by atoms with Crippen LogP contribution in [-0.4, -0.2) is 42.1 Å². The van der Waals surface area contributed by atoms with Crippen molar-refractivity contribution >= 4 is 17.5 Å². The Morgan fingerprint density at radius 2 is 1.93 bits per heavy atom. The van der Waals surface area contributed by atoms with Crippen molar-refractivity contribution in [3.8, 4) is 11.5 Å². The number of likely N-dealkylation sites (tertiary alicyclic amines) is 1. The Hall–Kier alpha value is -2.24. The van der Waals surface area contributed by atoms with Gasteiger partial charge in [-0.2, -0.15) is 0 Å². The third-order valence-corrected chi connectivity index (χ3v) is 5.94. The van der Waals surface area contributed by atoms with Crippen LogP contribution in [-0.2, 0) is 17.8 Å². The maximum Gasteiger partial charge on any atom is 0.258 e. The van der Waals surface area contributed by atoms with Gasteiger partial charge in [-0.1, -0.05) is 35.9 Å². The summed E-state index contributed by atoms with van der Waals surface area (Å²) in [5, 5.41) is 3.88. The molecular weight excluding hydrogens is 400 g/mol. The van der Waals surface area contributed by atoms with Crippen LogP contribution in [0.15, 0.2) is 42.5 Å². The maximum atomic E-state index is 12.4. The van der Waals surface area contributed by atoms with Crippen LogP contribution in [0.2, 0.25) is 5.02 Å². The highest BCUT2D eigenvalue weighted by Crippen LogP contribution is 2.41. The normalized spacial score (nSPS) is 18.5. The van der Waals surface area contributed by atoms with E-state index < -0.39 is 0 Å². The van der Waals surface area contributed by atoms with Gasteiger partial charge in [-0.3, -0.25) is 9.69 Å². The van der Waals surface area contributed by atoms with Gasteiger partial charge >= 0.3 is 0 Å². The largest absolute Gasteiger partial charge is 0.483 e. The number of carbonyl (C=O) groups excluding carboxylic acids is 1. The molecule has 0 unspecified atom stereocenters. The number of para-hydroxylation sites is 1. The lowest BCUT2D eigenvalue weighted by molar-refractivity contribution is -0.124. The van der Waals surface area contributed by atoms with Gasteiger partial charge in [0.2, 0.25) is 0 Å². The van der Waals surface area contributed by atoms with Gasteiger partial charge in [0.05, 0.1) is 0 Å². The topological polar surface area (TPSA) is 50.8 Å². The molecule has 0 spiro atoms. The van der Waals surface area contributed by atoms with Crippen molar-refractivity contribution in [2.45, 2.75) is 51.3 Å². The molecule has 5 nitrogen and oxygen atoms in total. The lowest BCUT2D eigenvalue weighted by Gasteiger charge is -2.32. The highest BCUT2D eigenvalue weighted by molar-refractivity contribution is 6.30. The molecule has 2 heterocycles. The number of benzene rings is 2. The van der Waals surface area contributed by atoms with E-state index in [4.69, 9.17) is 21.1 Å². The summed E-state index contributed by atoms with van der Waals surface area (Å²) in [6.45, 7) is 6.96. The highest BCUT2D eigenvalue weighted by Gasteiger charge is 2.32. The molecule has 2 aliphatic rings. The van der Waals surface area contributed by atoms with Crippen LogP contribution >= 0.6 is 11.6 Å². The Labute approximate surface area is 183 Å². The zero-order chi connectivity index (χ0) is 21.1. The van der Waals surface area contributed by atoms with Gasteiger partial charge in [0.15, 0.2) is 18.1 Å². The van der Waals surface area contributed by atoms with E-state index in [9.17, 15) is 4.79 Å². The van der Waals surface area contributed by atoms with Crippen LogP contribution in [0.1, 0.15) is 37.8 Å². The number of halogens is 1. The predicted octanol–water partition coefficient (Wildman–Crippen LogP) is 4.21. The van der Waals surface area contributed by atoms with Crippen molar-refractivity contribution in [3.63, 3.8) is 0 Å². The molecule has 0 atom stereocenters. The van der Waals surface area contributed by atoms with Crippen LogP contribution in [0.25, 0.3) is 0 Å². The van der Waals surface area contributed by atoms with Crippen LogP contribution in [0.4, 0.5) is 0 Å². The Bertz CT molecular complexity index is 890. The first-order chi connectivity index (χ1) is 14.4. The van der Waals surface area contributed by atoms with Gasteiger partial charge in [0, 0.05) is 42.7 Å². The minimum atomic E-state index is -0.232. The second kappa shape index (κ2) is 8.86. The van der Waals surface area contributed by atoms with E-state index >= 15 is 0 Å². The minimum absolute atomic E-state index is 0.00519. The first-order valence-corrected chi connectivity index (χ1v) is 11.0. The van der Waals surface area contributed by atoms with Crippen molar-refractivity contribution in [2.75, 3.05) is 19.7 Å². The average Bonchev–Trinajstić information content (AvgIpc) is 3.04. The number of fused-ring (bicyclic) bond motifs is 1. The molecule has 1 amide bonds. The van der Waals surface area contributed by atoms with E-state index in [0.29, 0.717) is 5.75 Å². The summed E-state index contributed by atoms with van der Waals surface area (Å²) in [5.74, 6) is 1.33. The summed E-state index contributed by atoms with van der Waals surface area (Å²) in [5.41, 5.74) is 2.16. The Balaban J connectivity index is 1.22. The van der Waals surface area contributed by atoms with Crippen molar-refractivity contribution in [2.24, 2.45) is 0 Å². The molecule has 2 aliphatic heterocycles. The smallest absolute Gasteiger partial charge is 0.258 e. The molecule has 1 saturated heterocycles. The van der Waals surface area contributed by atoms with Gasteiger partial charge < -0.3 is 14.8 Å². The maximum absolute atomic E-state index is 12.4. The molecule has 1 N–H and O–H groups in total. The predicted molar refractivity (Wildman–Crippen MR) is 118 cm³/mol. The fourth-order valence-corrected chi connectivity index (χ4v) is 4.32. The van der Waals surface area contributed by atoms with Gasteiger partial charge in [-0.25, -0.2) is 0 Å². The van der Waals surface area contributed by atoms with E-state index in [1.54, 1.807) is 0 Å². The second-order valence-electron chi connectivity index (χ2n) is 8.82. The molecular formula is C24H29ClN2O3. The lowest BCUT2D eigenvalue weighted by Crippen LogP contribution is -2.45. The van der Waals surface area contributed by atoms with E-state index in [1.165, 1.54) is 5.56 Å². The summed E-state index contributed by atoms with van der Waals surface area (Å²) in [6.07, 6.45) is 2.73. The number of ether oxygens (including phenoxy) is 2. The van der Waals surface area contributed by atoms with Crippen LogP contribution in [0, 0.1) is 0 Å². The molecule has 6 heteroatoms. The Kier molecular flexibility index (Phi) is 6.21. The van der Waals surface area contributed by atoms with Crippen molar-refractivity contribution in [3.05, 3.63) is 58.6 Å². The third kappa shape index (κ3) is 5.27. The summed E-state index contributed by atoms with van der Waals surface area (Å²) < 4.78 is 11.8. The van der Waals surface area contributed by atoms with Gasteiger partial charge in [0.1, 0.15) is 5.60 Å². The molecule has 1 fully saturated rings. The number of hydrogen-bond acceptors (Lipinski definition) is 4. The number of piperidine rings is 1. The standard InChI is InChI=1S/C24H29ClN2O3/c1-24(2)14-18-4-3-5-21(23(18)30-24)29-16-22(28)26-20-10-12-27(13-11-20)15-17-6-8-19(25)9-7-17/h3-9,20H,10-16H2,1-2H3,(H,26,28). The molecule has 0 saturated carbocycles. The summed E-state index contributed by atoms with van der Waals surface area (Å²) in [7, 11) is 0. The molecule has 0 bridgehead atoms. The lowest BCUT2D eigenvalue weighted by atomic mass is 10.0. The summed E-state index contributed by atoms with van der Waals surface area (Å²) >= 11 is 5.96. The quantitative estimate of drug-likeness (QED) is 0.748. The average molecular weight is 429 g/mol. The fourth-order valence-electron chi connectivity index (χ4n) is 4.20. The molecule has 0 aromatic heterocycles. The number of nitrogens with one attached hydrogen (secondary N) is 1. The molecule has 160 valence electrons. The van der Waals surface area contributed by atoms with Crippen molar-refractivity contribution < 1.29 is 14.3 Å². The van der Waals surface area contributed by atoms with E-state index in [-0.39, 0.29) is 24.2 Å². The molecule has 0 aliphatic carbocycles. The number of nitrogens with zero attached hydrogens (tertiary/aromatic N) is 1. The van der Waals surface area contributed by atoms with E-state index in [1.807, 2.05) is 24.3 Å². The number of amides is 1. The molecule has 30 heavy (non-hydrogen) atoms. The third-order valence-electron chi connectivity index (χ3n) is 5.69. The molecule has 0 radical (unpaired) electrons. The van der Waals surface area contributed by atoms with Crippen LogP contribution in [0.3, 0.4) is 0 Å². The molecule has 2 aromatic rings. The first-order valence-electron chi connectivity index (χ1n) is 10.6. The zero-order valence-electron chi connectivity index (χ0n) is 17.6. The summed E-state index contributed by atoms with van der Waals surface area (Å²) in [6, 6.07) is 14.1. The molecule has 2 aromatic carbocycles. The molecule has 4 rings (SSSR count). The fraction of sp³-hybridized carbons (Fsp3) is 0.458. The monoisotopic (exact) mass is 428 g/mol. The van der Waals surface area contributed by atoms with Crippen LogP contribution in [0.5, 0.6) is 11.5 Å². The van der Waals surface area contributed by atoms with Crippen molar-refractivity contribution in [1.82, 2.24) is 10.2 Å². The van der Waals surface area contributed by atoms with E-state index in [0.717, 1.165) is 55.2 Å². The number of carbonyl (C=O) groups is 1. The minimum Gasteiger partial charge on any atom is -0.483 e. The summed E-state index contributed by atoms with van der Waals surface area (Å²) in [4.78, 5) is 14.8. The van der Waals surface area contributed by atoms with Crippen molar-refractivity contribution in [1.29, 1.82) is 0 Å². The SMILES string of the molecule is CC1(C)Cc2cccc(OCC(=O)NC3CCN(Cc4ccc(Cl)cc4)CC3)c2O1.